The summed E-state index contributed by atoms with van der Waals surface area (Å²) >= 11 is 0.801. The maximum Gasteiger partial charge on any atom is 0.336 e. The van der Waals surface area contributed by atoms with Gasteiger partial charge in [0.15, 0.2) is 0 Å². The first-order chi connectivity index (χ1) is 8.82. The van der Waals surface area contributed by atoms with Crippen molar-refractivity contribution in [2.75, 3.05) is 20.2 Å². The van der Waals surface area contributed by atoms with Crippen LogP contribution < -0.4 is 0 Å². The van der Waals surface area contributed by atoms with Crippen LogP contribution in [0.3, 0.4) is 0 Å². The Bertz CT molecular complexity index is 577. The highest BCUT2D eigenvalue weighted by molar-refractivity contribution is 7.91. The van der Waals surface area contributed by atoms with Crippen molar-refractivity contribution >= 4 is 33.3 Å². The van der Waals surface area contributed by atoms with Crippen LogP contribution in [0.1, 0.15) is 17.3 Å². The zero-order chi connectivity index (χ0) is 14.6. The molecule has 0 aliphatic heterocycles. The van der Waals surface area contributed by atoms with Crippen molar-refractivity contribution in [3.05, 3.63) is 17.0 Å². The number of carbonyl (C=O) groups is 2. The zero-order valence-electron chi connectivity index (χ0n) is 10.3. The monoisotopic (exact) mass is 307 g/mol. The highest BCUT2D eigenvalue weighted by Crippen LogP contribution is 2.23. The molecule has 7 nitrogen and oxygen atoms in total. The van der Waals surface area contributed by atoms with Crippen molar-refractivity contribution in [1.29, 1.82) is 0 Å². The molecule has 0 radical (unpaired) electrons. The molecule has 0 bridgehead atoms. The summed E-state index contributed by atoms with van der Waals surface area (Å²) in [6.07, 6.45) is 0. The molecule has 106 valence electrons. The molecule has 0 aliphatic carbocycles. The largest absolute Gasteiger partial charge is 0.478 e. The summed E-state index contributed by atoms with van der Waals surface area (Å²) in [5.74, 6) is -1.88. The van der Waals surface area contributed by atoms with Crippen LogP contribution >= 0.6 is 11.3 Å². The number of hydrogen-bond donors (Lipinski definition) is 1. The number of thiophene rings is 1. The minimum Gasteiger partial charge on any atom is -0.478 e. The summed E-state index contributed by atoms with van der Waals surface area (Å²) in [5.41, 5.74) is -0.0994. The van der Waals surface area contributed by atoms with Gasteiger partial charge in [-0.05, 0) is 6.07 Å². The molecule has 0 unspecified atom stereocenters. The van der Waals surface area contributed by atoms with Gasteiger partial charge in [-0.25, -0.2) is 13.2 Å². The Morgan fingerprint density at radius 2 is 2.11 bits per heavy atom. The molecular weight excluding hydrogens is 294 g/mol. The fraction of sp³-hybridized carbons (Fsp3) is 0.400. The number of likely N-dealkylation sites (N-methyl/N-ethyl adjacent to an activating group) is 1. The lowest BCUT2D eigenvalue weighted by Crippen LogP contribution is -2.35. The Morgan fingerprint density at radius 1 is 1.47 bits per heavy atom. The van der Waals surface area contributed by atoms with Gasteiger partial charge in [0.1, 0.15) is 10.8 Å². The molecule has 0 fully saturated rings. The van der Waals surface area contributed by atoms with E-state index in [0.29, 0.717) is 0 Å². The summed E-state index contributed by atoms with van der Waals surface area (Å²) in [4.78, 5) is 21.9. The van der Waals surface area contributed by atoms with Crippen molar-refractivity contribution in [1.82, 2.24) is 4.31 Å². The number of methoxy groups -OCH3 is 1. The summed E-state index contributed by atoms with van der Waals surface area (Å²) < 4.78 is 29.6. The van der Waals surface area contributed by atoms with Crippen LogP contribution in [0.4, 0.5) is 0 Å². The molecule has 0 saturated carbocycles. The van der Waals surface area contributed by atoms with Gasteiger partial charge >= 0.3 is 11.9 Å². The zero-order valence-corrected chi connectivity index (χ0v) is 12.0. The van der Waals surface area contributed by atoms with Crippen LogP contribution in [-0.2, 0) is 19.6 Å². The SMILES string of the molecule is CCN(CC(=O)OC)S(=O)(=O)c1cc(C(=O)O)cs1. The van der Waals surface area contributed by atoms with E-state index in [9.17, 15) is 18.0 Å². The van der Waals surface area contributed by atoms with E-state index in [1.165, 1.54) is 5.38 Å². The number of rotatable bonds is 6. The molecule has 0 saturated heterocycles. The molecule has 1 N–H and O–H groups in total. The highest BCUT2D eigenvalue weighted by atomic mass is 32.2. The van der Waals surface area contributed by atoms with E-state index >= 15 is 0 Å². The van der Waals surface area contributed by atoms with Crippen LogP contribution in [-0.4, -0.2) is 50.0 Å². The fourth-order valence-electron chi connectivity index (χ4n) is 1.27. The van der Waals surface area contributed by atoms with Crippen molar-refractivity contribution < 1.29 is 27.9 Å². The summed E-state index contributed by atoms with van der Waals surface area (Å²) in [7, 11) is -2.72. The molecule has 1 aromatic heterocycles. The van der Waals surface area contributed by atoms with Crippen LogP contribution in [0.15, 0.2) is 15.7 Å². The number of nitrogens with zero attached hydrogens (tertiary/aromatic N) is 1. The summed E-state index contributed by atoms with van der Waals surface area (Å²) in [6, 6.07) is 1.07. The highest BCUT2D eigenvalue weighted by Gasteiger charge is 2.27. The average Bonchev–Trinajstić information content (AvgIpc) is 2.85. The van der Waals surface area contributed by atoms with E-state index in [2.05, 4.69) is 4.74 Å². The third-order valence-corrected chi connectivity index (χ3v) is 5.64. The Kier molecular flexibility index (Phi) is 5.04. The van der Waals surface area contributed by atoms with Crippen LogP contribution in [0.2, 0.25) is 0 Å². The second kappa shape index (κ2) is 6.13. The van der Waals surface area contributed by atoms with Crippen molar-refractivity contribution in [2.24, 2.45) is 0 Å². The first-order valence-electron chi connectivity index (χ1n) is 5.21. The molecule has 1 rings (SSSR count). The fourth-order valence-corrected chi connectivity index (χ4v) is 3.97. The van der Waals surface area contributed by atoms with Gasteiger partial charge in [-0.2, -0.15) is 4.31 Å². The molecule has 1 heterocycles. The predicted octanol–water partition coefficient (Wildman–Crippen LogP) is 0.630. The Balaban J connectivity index is 3.06. The van der Waals surface area contributed by atoms with Crippen molar-refractivity contribution in [3.8, 4) is 0 Å². The molecule has 19 heavy (non-hydrogen) atoms. The Morgan fingerprint density at radius 3 is 2.53 bits per heavy atom. The van der Waals surface area contributed by atoms with Crippen molar-refractivity contribution in [2.45, 2.75) is 11.1 Å². The van der Waals surface area contributed by atoms with E-state index < -0.39 is 28.5 Å². The van der Waals surface area contributed by atoms with Gasteiger partial charge in [0.2, 0.25) is 0 Å². The maximum atomic E-state index is 12.2. The first-order valence-corrected chi connectivity index (χ1v) is 7.53. The van der Waals surface area contributed by atoms with Gasteiger partial charge in [-0.1, -0.05) is 6.92 Å². The number of carboxylic acid groups (broad SMARTS) is 1. The smallest absolute Gasteiger partial charge is 0.336 e. The minimum atomic E-state index is -3.88. The Hall–Kier alpha value is -1.45. The second-order valence-corrected chi connectivity index (χ2v) is 6.54. The number of aromatic carboxylic acids is 1. The minimum absolute atomic E-state index is 0.0811. The molecule has 0 spiro atoms. The molecule has 0 amide bonds. The van der Waals surface area contributed by atoms with E-state index in [1.54, 1.807) is 6.92 Å². The topological polar surface area (TPSA) is 101 Å². The summed E-state index contributed by atoms with van der Waals surface area (Å²) in [6.45, 7) is 1.25. The van der Waals surface area contributed by atoms with Gasteiger partial charge in [0, 0.05) is 11.9 Å². The van der Waals surface area contributed by atoms with E-state index in [0.717, 1.165) is 28.8 Å². The van der Waals surface area contributed by atoms with Crippen molar-refractivity contribution in [3.63, 3.8) is 0 Å². The molecular formula is C10H13NO6S2. The van der Waals surface area contributed by atoms with Crippen LogP contribution in [0.5, 0.6) is 0 Å². The number of hydrogen-bond acceptors (Lipinski definition) is 6. The van der Waals surface area contributed by atoms with E-state index in [1.807, 2.05) is 0 Å². The lowest BCUT2D eigenvalue weighted by molar-refractivity contribution is -0.140. The third-order valence-electron chi connectivity index (χ3n) is 2.30. The molecule has 0 aliphatic rings. The number of ether oxygens (including phenoxy) is 1. The molecule has 1 aromatic rings. The molecule has 0 aromatic carbocycles. The van der Waals surface area contributed by atoms with Gasteiger partial charge in [-0.3, -0.25) is 4.79 Å². The first kappa shape index (κ1) is 15.6. The van der Waals surface area contributed by atoms with Gasteiger partial charge in [0.25, 0.3) is 10.0 Å². The number of esters is 1. The lowest BCUT2D eigenvalue weighted by atomic mass is 10.4. The average molecular weight is 307 g/mol. The van der Waals surface area contributed by atoms with Gasteiger partial charge in [0.05, 0.1) is 12.7 Å². The van der Waals surface area contributed by atoms with Crippen LogP contribution in [0, 0.1) is 0 Å². The predicted molar refractivity (Wildman–Crippen MR) is 67.7 cm³/mol. The van der Waals surface area contributed by atoms with Gasteiger partial charge < -0.3 is 9.84 Å². The van der Waals surface area contributed by atoms with E-state index in [-0.39, 0.29) is 16.3 Å². The number of carboxylic acids is 1. The second-order valence-electron chi connectivity index (χ2n) is 3.47. The van der Waals surface area contributed by atoms with Gasteiger partial charge in [-0.15, -0.1) is 11.3 Å². The maximum absolute atomic E-state index is 12.2. The number of sulfonamides is 1. The Labute approximate surface area is 114 Å². The quantitative estimate of drug-likeness (QED) is 0.774. The summed E-state index contributed by atoms with van der Waals surface area (Å²) in [5, 5.41) is 10.0. The van der Waals surface area contributed by atoms with E-state index in [4.69, 9.17) is 5.11 Å². The standard InChI is InChI=1S/C10H13NO6S2/c1-3-11(5-8(12)17-2)19(15,16)9-4-7(6-18-9)10(13)14/h4,6H,3,5H2,1-2H3,(H,13,14). The lowest BCUT2D eigenvalue weighted by Gasteiger charge is -2.17. The molecule has 9 heteroatoms. The number of carbonyl (C=O) groups excluding carboxylic acids is 1. The van der Waals surface area contributed by atoms with Crippen LogP contribution in [0.25, 0.3) is 0 Å². The normalized spacial score (nSPS) is 11.5. The molecule has 0 atom stereocenters. The third kappa shape index (κ3) is 3.52.